The third-order valence-corrected chi connectivity index (χ3v) is 5.02. The Kier molecular flexibility index (Phi) is 6.30. The average molecular weight is 441 g/mol. The molecule has 10 heteroatoms. The highest BCUT2D eigenvalue weighted by Gasteiger charge is 2.35. The first kappa shape index (κ1) is 21.9. The minimum atomic E-state index is -0.750. The molecule has 2 amide bonds. The van der Waals surface area contributed by atoms with Gasteiger partial charge in [-0.1, -0.05) is 19.1 Å². The fourth-order valence-electron chi connectivity index (χ4n) is 3.09. The molecule has 2 aromatic rings. The smallest absolute Gasteiger partial charge is 0.280 e. The number of aryl methyl sites for hydroxylation is 1. The molecule has 31 heavy (non-hydrogen) atoms. The number of nitro groups is 1. The van der Waals surface area contributed by atoms with E-state index in [1.807, 2.05) is 19.1 Å². The zero-order chi connectivity index (χ0) is 22.7. The van der Waals surface area contributed by atoms with Crippen molar-refractivity contribution in [1.82, 2.24) is 5.32 Å². The van der Waals surface area contributed by atoms with Gasteiger partial charge in [0.05, 0.1) is 36.5 Å². The van der Waals surface area contributed by atoms with Crippen molar-refractivity contribution in [3.05, 3.63) is 63.2 Å². The lowest BCUT2D eigenvalue weighted by Crippen LogP contribution is -2.54. The van der Waals surface area contributed by atoms with Crippen LogP contribution in [0.25, 0.3) is 6.08 Å². The molecule has 0 radical (unpaired) electrons. The molecule has 3 rings (SSSR count). The van der Waals surface area contributed by atoms with Crippen LogP contribution < -0.4 is 19.7 Å². The van der Waals surface area contributed by atoms with Crippen molar-refractivity contribution in [1.29, 1.82) is 0 Å². The maximum atomic E-state index is 13.1. The molecule has 1 N–H and O–H groups in total. The van der Waals surface area contributed by atoms with E-state index in [-0.39, 0.29) is 33.4 Å². The summed E-state index contributed by atoms with van der Waals surface area (Å²) in [6.07, 6.45) is 1.97. The lowest BCUT2D eigenvalue weighted by Gasteiger charge is -2.29. The second kappa shape index (κ2) is 8.92. The second-order valence-electron chi connectivity index (χ2n) is 6.50. The standard InChI is InChI=1S/C21H19N3O6S/c1-4-12-5-7-14(8-6-12)23-20(26)15(19(25)22-21(23)31)9-13-10-17(29-2)18(30-3)11-16(13)24(27)28/h5-11H,4H2,1-3H3,(H,22,25,31). The fraction of sp³-hybridized carbons (Fsp3) is 0.190. The van der Waals surface area contributed by atoms with Gasteiger partial charge in [0, 0.05) is 0 Å². The van der Waals surface area contributed by atoms with Crippen molar-refractivity contribution in [3.63, 3.8) is 0 Å². The number of ether oxygens (including phenoxy) is 2. The van der Waals surface area contributed by atoms with Gasteiger partial charge in [-0.25, -0.2) is 0 Å². The summed E-state index contributed by atoms with van der Waals surface area (Å²) in [6, 6.07) is 9.64. The van der Waals surface area contributed by atoms with Gasteiger partial charge in [-0.15, -0.1) is 0 Å². The molecule has 1 heterocycles. The molecule has 1 aliphatic heterocycles. The van der Waals surface area contributed by atoms with Gasteiger partial charge in [-0.2, -0.15) is 0 Å². The predicted molar refractivity (Wildman–Crippen MR) is 118 cm³/mol. The molecule has 1 aliphatic rings. The first-order chi connectivity index (χ1) is 14.8. The van der Waals surface area contributed by atoms with E-state index < -0.39 is 16.7 Å². The third kappa shape index (κ3) is 4.24. The number of nitrogens with one attached hydrogen (secondary N) is 1. The molecule has 0 bridgehead atoms. The van der Waals surface area contributed by atoms with Crippen LogP contribution in [0.1, 0.15) is 18.1 Å². The van der Waals surface area contributed by atoms with Crippen LogP contribution in [-0.4, -0.2) is 36.1 Å². The number of carbonyl (C=O) groups is 2. The summed E-state index contributed by atoms with van der Waals surface area (Å²) in [4.78, 5) is 37.8. The van der Waals surface area contributed by atoms with Crippen LogP contribution >= 0.6 is 12.2 Å². The third-order valence-electron chi connectivity index (χ3n) is 4.73. The Labute approximate surface area is 183 Å². The number of methoxy groups -OCH3 is 2. The molecule has 0 atom stereocenters. The molecular formula is C21H19N3O6S. The molecule has 0 aliphatic carbocycles. The van der Waals surface area contributed by atoms with Gasteiger partial charge in [0.1, 0.15) is 5.57 Å². The highest BCUT2D eigenvalue weighted by Crippen LogP contribution is 2.36. The zero-order valence-electron chi connectivity index (χ0n) is 17.0. The number of hydrogen-bond acceptors (Lipinski definition) is 7. The van der Waals surface area contributed by atoms with Crippen molar-refractivity contribution in [3.8, 4) is 11.5 Å². The van der Waals surface area contributed by atoms with Gasteiger partial charge in [0.2, 0.25) is 0 Å². The number of hydrogen-bond donors (Lipinski definition) is 1. The highest BCUT2D eigenvalue weighted by atomic mass is 32.1. The SMILES string of the molecule is CCc1ccc(N2C(=O)C(=Cc3cc(OC)c(OC)cc3[N+](=O)[O-])C(=O)NC2=S)cc1. The van der Waals surface area contributed by atoms with Crippen LogP contribution in [-0.2, 0) is 16.0 Å². The predicted octanol–water partition coefficient (Wildman–Crippen LogP) is 3.01. The normalized spacial score (nSPS) is 15.1. The number of benzene rings is 2. The Morgan fingerprint density at radius 1 is 1.13 bits per heavy atom. The van der Waals surface area contributed by atoms with Gasteiger partial charge in [0.25, 0.3) is 17.5 Å². The minimum Gasteiger partial charge on any atom is -0.493 e. The molecule has 9 nitrogen and oxygen atoms in total. The average Bonchev–Trinajstić information content (AvgIpc) is 2.76. The van der Waals surface area contributed by atoms with Crippen LogP contribution in [0.3, 0.4) is 0 Å². The van der Waals surface area contributed by atoms with E-state index in [1.165, 1.54) is 31.3 Å². The molecule has 2 aromatic carbocycles. The molecule has 1 saturated heterocycles. The van der Waals surface area contributed by atoms with Crippen LogP contribution in [0.5, 0.6) is 11.5 Å². The first-order valence-electron chi connectivity index (χ1n) is 9.21. The first-order valence-corrected chi connectivity index (χ1v) is 9.62. The van der Waals surface area contributed by atoms with Crippen LogP contribution in [0, 0.1) is 10.1 Å². The quantitative estimate of drug-likeness (QED) is 0.241. The van der Waals surface area contributed by atoms with Crippen molar-refractivity contribution < 1.29 is 24.0 Å². The number of anilines is 1. The summed E-state index contributed by atoms with van der Waals surface area (Å²) in [5.41, 5.74) is 0.899. The molecular weight excluding hydrogens is 422 g/mol. The zero-order valence-corrected chi connectivity index (χ0v) is 17.8. The highest BCUT2D eigenvalue weighted by molar-refractivity contribution is 7.80. The molecule has 0 saturated carbocycles. The lowest BCUT2D eigenvalue weighted by atomic mass is 10.0. The molecule has 0 aromatic heterocycles. The largest absolute Gasteiger partial charge is 0.493 e. The summed E-state index contributed by atoms with van der Waals surface area (Å²) in [7, 11) is 2.72. The Hall–Kier alpha value is -3.79. The summed E-state index contributed by atoms with van der Waals surface area (Å²) < 4.78 is 10.3. The van der Waals surface area contributed by atoms with E-state index in [0.717, 1.165) is 18.1 Å². The Morgan fingerprint density at radius 3 is 2.29 bits per heavy atom. The van der Waals surface area contributed by atoms with Crippen LogP contribution in [0.15, 0.2) is 42.0 Å². The van der Waals surface area contributed by atoms with Gasteiger partial charge in [-0.05, 0) is 48.5 Å². The monoisotopic (exact) mass is 441 g/mol. The maximum absolute atomic E-state index is 13.1. The number of nitrogens with zero attached hydrogens (tertiary/aromatic N) is 2. The van der Waals surface area contributed by atoms with Gasteiger partial charge in [0.15, 0.2) is 16.6 Å². The van der Waals surface area contributed by atoms with E-state index in [2.05, 4.69) is 5.32 Å². The van der Waals surface area contributed by atoms with E-state index >= 15 is 0 Å². The number of nitro benzene ring substituents is 1. The fourth-order valence-corrected chi connectivity index (χ4v) is 3.37. The number of amides is 2. The van der Waals surface area contributed by atoms with E-state index in [1.54, 1.807) is 12.1 Å². The summed E-state index contributed by atoms with van der Waals surface area (Å²) in [6.45, 7) is 2.00. The summed E-state index contributed by atoms with van der Waals surface area (Å²) in [5, 5.41) is 13.9. The Morgan fingerprint density at radius 2 is 1.74 bits per heavy atom. The molecule has 0 unspecified atom stereocenters. The van der Waals surface area contributed by atoms with E-state index in [0.29, 0.717) is 5.69 Å². The van der Waals surface area contributed by atoms with Gasteiger partial charge >= 0.3 is 0 Å². The lowest BCUT2D eigenvalue weighted by molar-refractivity contribution is -0.385. The second-order valence-corrected chi connectivity index (χ2v) is 6.89. The Bertz CT molecular complexity index is 1110. The molecule has 160 valence electrons. The topological polar surface area (TPSA) is 111 Å². The summed E-state index contributed by atoms with van der Waals surface area (Å²) in [5.74, 6) is -1.08. The van der Waals surface area contributed by atoms with Crippen molar-refractivity contribution >= 4 is 46.6 Å². The van der Waals surface area contributed by atoms with Crippen LogP contribution in [0.4, 0.5) is 11.4 Å². The van der Waals surface area contributed by atoms with Crippen LogP contribution in [0.2, 0.25) is 0 Å². The van der Waals surface area contributed by atoms with E-state index in [9.17, 15) is 19.7 Å². The molecule has 1 fully saturated rings. The van der Waals surface area contributed by atoms with Crippen molar-refractivity contribution in [2.75, 3.05) is 19.1 Å². The Balaban J connectivity index is 2.10. The molecule has 0 spiro atoms. The maximum Gasteiger partial charge on any atom is 0.280 e. The van der Waals surface area contributed by atoms with Gasteiger partial charge < -0.3 is 9.47 Å². The minimum absolute atomic E-state index is 0.00949. The van der Waals surface area contributed by atoms with Crippen molar-refractivity contribution in [2.45, 2.75) is 13.3 Å². The van der Waals surface area contributed by atoms with Crippen molar-refractivity contribution in [2.24, 2.45) is 0 Å². The van der Waals surface area contributed by atoms with Gasteiger partial charge in [-0.3, -0.25) is 29.9 Å². The number of rotatable bonds is 6. The number of carbonyl (C=O) groups excluding carboxylic acids is 2. The summed E-state index contributed by atoms with van der Waals surface area (Å²) >= 11 is 5.18. The van der Waals surface area contributed by atoms with E-state index in [4.69, 9.17) is 21.7 Å². The number of thiocarbonyl (C=S) groups is 1.